The molecule has 144 valence electrons. The number of aliphatic imine (C=N–C) groups is 1. The number of amides is 1. The molecule has 0 aromatic heterocycles. The van der Waals surface area contributed by atoms with Crippen LogP contribution in [0.3, 0.4) is 0 Å². The summed E-state index contributed by atoms with van der Waals surface area (Å²) in [5.74, 6) is 0.750. The maximum Gasteiger partial charge on any atom is 0.251 e. The number of hydrogen-bond donors (Lipinski definition) is 4. The van der Waals surface area contributed by atoms with Crippen molar-refractivity contribution in [3.8, 4) is 0 Å². The van der Waals surface area contributed by atoms with Crippen LogP contribution in [-0.2, 0) is 0 Å². The maximum atomic E-state index is 12.0. The summed E-state index contributed by atoms with van der Waals surface area (Å²) < 4.78 is 0.958. The van der Waals surface area contributed by atoms with Crippen LogP contribution in [0.5, 0.6) is 0 Å². The van der Waals surface area contributed by atoms with Gasteiger partial charge in [-0.25, -0.2) is 0 Å². The second kappa shape index (κ2) is 11.2. The summed E-state index contributed by atoms with van der Waals surface area (Å²) in [7, 11) is 0. The van der Waals surface area contributed by atoms with Gasteiger partial charge in [0.05, 0.1) is 6.10 Å². The Morgan fingerprint density at radius 2 is 1.88 bits per heavy atom. The molecule has 7 heteroatoms. The van der Waals surface area contributed by atoms with Crippen LogP contribution >= 0.6 is 15.9 Å². The molecule has 1 aromatic rings. The average molecular weight is 425 g/mol. The number of rotatable bonds is 7. The van der Waals surface area contributed by atoms with Gasteiger partial charge in [-0.1, -0.05) is 15.9 Å². The van der Waals surface area contributed by atoms with E-state index in [1.165, 1.54) is 0 Å². The van der Waals surface area contributed by atoms with Crippen LogP contribution in [0.4, 0.5) is 0 Å². The first-order valence-corrected chi connectivity index (χ1v) is 10.1. The van der Waals surface area contributed by atoms with Gasteiger partial charge in [0.25, 0.3) is 5.91 Å². The molecule has 1 fully saturated rings. The van der Waals surface area contributed by atoms with E-state index in [2.05, 4.69) is 36.9 Å². The molecule has 0 aliphatic heterocycles. The lowest BCUT2D eigenvalue weighted by Gasteiger charge is -2.27. The zero-order chi connectivity index (χ0) is 18.8. The lowest BCUT2D eigenvalue weighted by atomic mass is 9.93. The molecule has 1 saturated carbocycles. The quantitative estimate of drug-likeness (QED) is 0.307. The van der Waals surface area contributed by atoms with E-state index in [1.54, 1.807) is 12.1 Å². The van der Waals surface area contributed by atoms with Crippen molar-refractivity contribution in [1.29, 1.82) is 0 Å². The Bertz CT molecular complexity index is 584. The second-order valence-corrected chi connectivity index (χ2v) is 7.44. The minimum absolute atomic E-state index is 0.0627. The van der Waals surface area contributed by atoms with Gasteiger partial charge in [-0.15, -0.1) is 0 Å². The third-order valence-corrected chi connectivity index (χ3v) is 4.91. The topological polar surface area (TPSA) is 85.8 Å². The smallest absolute Gasteiger partial charge is 0.251 e. The lowest BCUT2D eigenvalue weighted by Crippen LogP contribution is -2.45. The molecule has 1 aliphatic carbocycles. The van der Waals surface area contributed by atoms with Gasteiger partial charge in [0.15, 0.2) is 5.96 Å². The first-order chi connectivity index (χ1) is 12.6. The Labute approximate surface area is 164 Å². The Morgan fingerprint density at radius 3 is 2.54 bits per heavy atom. The van der Waals surface area contributed by atoms with Crippen LogP contribution in [-0.4, -0.2) is 48.8 Å². The van der Waals surface area contributed by atoms with E-state index < -0.39 is 0 Å². The molecule has 4 N–H and O–H groups in total. The predicted octanol–water partition coefficient (Wildman–Crippen LogP) is 2.43. The summed E-state index contributed by atoms with van der Waals surface area (Å²) >= 11 is 3.36. The SMILES string of the molecule is CCNC(=NCCCNC(=O)c1ccc(Br)cc1)NC1CCC(O)CC1. The number of halogens is 1. The Hall–Kier alpha value is -1.60. The van der Waals surface area contributed by atoms with E-state index in [0.29, 0.717) is 24.7 Å². The van der Waals surface area contributed by atoms with Crippen LogP contribution in [0.1, 0.15) is 49.4 Å². The van der Waals surface area contributed by atoms with Gasteiger partial charge in [0.1, 0.15) is 0 Å². The normalized spacial score (nSPS) is 20.5. The molecule has 26 heavy (non-hydrogen) atoms. The summed E-state index contributed by atoms with van der Waals surface area (Å²) in [4.78, 5) is 16.6. The number of benzene rings is 1. The minimum Gasteiger partial charge on any atom is -0.393 e. The van der Waals surface area contributed by atoms with Crippen molar-refractivity contribution in [3.63, 3.8) is 0 Å². The van der Waals surface area contributed by atoms with Crippen LogP contribution in [0.2, 0.25) is 0 Å². The highest BCUT2D eigenvalue weighted by Crippen LogP contribution is 2.18. The maximum absolute atomic E-state index is 12.0. The van der Waals surface area contributed by atoms with Crippen molar-refractivity contribution in [2.24, 2.45) is 4.99 Å². The second-order valence-electron chi connectivity index (χ2n) is 6.53. The van der Waals surface area contributed by atoms with E-state index in [-0.39, 0.29) is 12.0 Å². The number of guanidine groups is 1. The Balaban J connectivity index is 1.70. The molecule has 0 radical (unpaired) electrons. The fourth-order valence-electron chi connectivity index (χ4n) is 2.91. The minimum atomic E-state index is -0.151. The van der Waals surface area contributed by atoms with Gasteiger partial charge < -0.3 is 21.1 Å². The van der Waals surface area contributed by atoms with Crippen molar-refractivity contribution < 1.29 is 9.90 Å². The first kappa shape index (κ1) is 20.7. The van der Waals surface area contributed by atoms with Gasteiger partial charge in [-0.2, -0.15) is 0 Å². The molecular weight excluding hydrogens is 396 g/mol. The predicted molar refractivity (Wildman–Crippen MR) is 108 cm³/mol. The standard InChI is InChI=1S/C19H29BrN4O2/c1-2-21-19(24-16-8-10-17(25)11-9-16)23-13-3-12-22-18(26)14-4-6-15(20)7-5-14/h4-7,16-17,25H,2-3,8-13H2,1H3,(H,22,26)(H2,21,23,24). The monoisotopic (exact) mass is 424 g/mol. The lowest BCUT2D eigenvalue weighted by molar-refractivity contribution is 0.0953. The summed E-state index contributed by atoms with van der Waals surface area (Å²) in [6, 6.07) is 7.68. The van der Waals surface area contributed by atoms with Crippen molar-refractivity contribution in [2.75, 3.05) is 19.6 Å². The van der Waals surface area contributed by atoms with Crippen LogP contribution in [0.25, 0.3) is 0 Å². The highest BCUT2D eigenvalue weighted by Gasteiger charge is 2.19. The Morgan fingerprint density at radius 1 is 1.19 bits per heavy atom. The number of aliphatic hydroxyl groups excluding tert-OH is 1. The third-order valence-electron chi connectivity index (χ3n) is 4.38. The van der Waals surface area contributed by atoms with Crippen molar-refractivity contribution in [3.05, 3.63) is 34.3 Å². The molecule has 0 atom stereocenters. The molecule has 1 amide bonds. The van der Waals surface area contributed by atoms with Crippen molar-refractivity contribution in [1.82, 2.24) is 16.0 Å². The number of carbonyl (C=O) groups excluding carboxylic acids is 1. The summed E-state index contributed by atoms with van der Waals surface area (Å²) in [5, 5.41) is 19.2. The van der Waals surface area contributed by atoms with Gasteiger partial charge in [0.2, 0.25) is 0 Å². The van der Waals surface area contributed by atoms with Crippen LogP contribution in [0, 0.1) is 0 Å². The summed E-state index contributed by atoms with van der Waals surface area (Å²) in [6.45, 7) is 4.08. The molecule has 0 saturated heterocycles. The zero-order valence-corrected chi connectivity index (χ0v) is 16.9. The van der Waals surface area contributed by atoms with Crippen molar-refractivity contribution >= 4 is 27.8 Å². The van der Waals surface area contributed by atoms with Gasteiger partial charge in [-0.05, 0) is 63.3 Å². The fourth-order valence-corrected chi connectivity index (χ4v) is 3.17. The fraction of sp³-hybridized carbons (Fsp3) is 0.579. The molecule has 0 heterocycles. The van der Waals surface area contributed by atoms with E-state index in [9.17, 15) is 9.90 Å². The largest absolute Gasteiger partial charge is 0.393 e. The van der Waals surface area contributed by atoms with E-state index >= 15 is 0 Å². The van der Waals surface area contributed by atoms with E-state index in [0.717, 1.165) is 49.1 Å². The molecule has 0 unspecified atom stereocenters. The highest BCUT2D eigenvalue weighted by molar-refractivity contribution is 9.10. The molecule has 6 nitrogen and oxygen atoms in total. The van der Waals surface area contributed by atoms with E-state index in [1.807, 2.05) is 19.1 Å². The molecule has 1 aromatic carbocycles. The number of carbonyl (C=O) groups is 1. The van der Waals surface area contributed by atoms with Gasteiger partial charge in [0, 0.05) is 35.7 Å². The van der Waals surface area contributed by atoms with Gasteiger partial charge in [-0.3, -0.25) is 9.79 Å². The number of nitrogens with zero attached hydrogens (tertiary/aromatic N) is 1. The number of aliphatic hydroxyl groups is 1. The average Bonchev–Trinajstić information content (AvgIpc) is 2.64. The molecule has 0 spiro atoms. The first-order valence-electron chi connectivity index (χ1n) is 9.35. The summed E-state index contributed by atoms with van der Waals surface area (Å²) in [5.41, 5.74) is 0.659. The molecule has 0 bridgehead atoms. The van der Waals surface area contributed by atoms with E-state index in [4.69, 9.17) is 0 Å². The highest BCUT2D eigenvalue weighted by atomic mass is 79.9. The van der Waals surface area contributed by atoms with Gasteiger partial charge >= 0.3 is 0 Å². The van der Waals surface area contributed by atoms with Crippen LogP contribution < -0.4 is 16.0 Å². The zero-order valence-electron chi connectivity index (χ0n) is 15.3. The molecule has 2 rings (SSSR count). The number of hydrogen-bond acceptors (Lipinski definition) is 3. The molecule has 1 aliphatic rings. The Kier molecular flexibility index (Phi) is 8.91. The molecular formula is C19H29BrN4O2. The number of nitrogens with one attached hydrogen (secondary N) is 3. The van der Waals surface area contributed by atoms with Crippen LogP contribution in [0.15, 0.2) is 33.7 Å². The summed E-state index contributed by atoms with van der Waals surface area (Å²) in [6.07, 6.45) is 4.26. The van der Waals surface area contributed by atoms with Crippen molar-refractivity contribution in [2.45, 2.75) is 51.2 Å². The third kappa shape index (κ3) is 7.33.